The Morgan fingerprint density at radius 3 is 2.19 bits per heavy atom. The topological polar surface area (TPSA) is 70.1 Å². The van der Waals surface area contributed by atoms with Crippen LogP contribution < -0.4 is 9.64 Å². The summed E-state index contributed by atoms with van der Waals surface area (Å²) in [5, 5.41) is 11.9. The molecular weight excluding hydrogens is 476 g/mol. The molecule has 1 fully saturated rings. The first-order valence-corrected chi connectivity index (χ1v) is 12.2. The summed E-state index contributed by atoms with van der Waals surface area (Å²) in [5.41, 5.74) is 3.27. The van der Waals surface area contributed by atoms with Gasteiger partial charge in [-0.15, -0.1) is 0 Å². The van der Waals surface area contributed by atoms with Crippen molar-refractivity contribution in [1.29, 1.82) is 0 Å². The molecule has 0 aliphatic carbocycles. The number of ketones is 1. The number of aliphatic hydroxyl groups excluding tert-OH is 1. The second-order valence-corrected chi connectivity index (χ2v) is 9.25. The minimum Gasteiger partial charge on any atom is -0.507 e. The molecule has 36 heavy (non-hydrogen) atoms. The Morgan fingerprint density at radius 1 is 0.972 bits per heavy atom. The maximum Gasteiger partial charge on any atom is 0.295 e. The van der Waals surface area contributed by atoms with Gasteiger partial charge < -0.3 is 19.6 Å². The van der Waals surface area contributed by atoms with Crippen LogP contribution in [0.5, 0.6) is 5.75 Å². The molecule has 1 unspecified atom stereocenters. The Bertz CT molecular complexity index is 1270. The highest BCUT2D eigenvalue weighted by Gasteiger charge is 2.45. The molecule has 1 amide bonds. The van der Waals surface area contributed by atoms with E-state index in [1.165, 1.54) is 0 Å². The number of aliphatic hydroxyl groups is 1. The standard InChI is InChI=1S/C29H29ClN2O4/c1-4-36-24-15-9-21(10-16-24)27(33)25-26(20-7-13-23(14-8-20)31(2)3)32(29(35)28(25)34)18-17-19-5-11-22(30)12-6-19/h5-16,26,33H,4,17-18H2,1-3H3/b27-25-. The van der Waals surface area contributed by atoms with Gasteiger partial charge >= 0.3 is 0 Å². The van der Waals surface area contributed by atoms with E-state index >= 15 is 0 Å². The number of nitrogens with zero attached hydrogens (tertiary/aromatic N) is 2. The van der Waals surface area contributed by atoms with Crippen LogP contribution in [-0.4, -0.2) is 48.9 Å². The number of halogens is 1. The van der Waals surface area contributed by atoms with E-state index in [4.69, 9.17) is 16.3 Å². The van der Waals surface area contributed by atoms with Crippen LogP contribution in [0.15, 0.2) is 78.4 Å². The number of amides is 1. The van der Waals surface area contributed by atoms with Crippen LogP contribution in [-0.2, 0) is 16.0 Å². The molecule has 0 bridgehead atoms. The zero-order valence-corrected chi connectivity index (χ0v) is 21.3. The predicted octanol–water partition coefficient (Wildman–Crippen LogP) is 5.47. The molecule has 1 heterocycles. The van der Waals surface area contributed by atoms with Gasteiger partial charge in [-0.3, -0.25) is 9.59 Å². The van der Waals surface area contributed by atoms with Crippen molar-refractivity contribution in [2.24, 2.45) is 0 Å². The third-order valence-corrected chi connectivity index (χ3v) is 6.51. The number of carbonyl (C=O) groups is 2. The number of hydrogen-bond acceptors (Lipinski definition) is 5. The first kappa shape index (κ1) is 25.3. The molecular formula is C29H29ClN2O4. The Morgan fingerprint density at radius 2 is 1.61 bits per heavy atom. The second kappa shape index (κ2) is 10.9. The third-order valence-electron chi connectivity index (χ3n) is 6.26. The van der Waals surface area contributed by atoms with Gasteiger partial charge in [0.05, 0.1) is 18.2 Å². The largest absolute Gasteiger partial charge is 0.507 e. The van der Waals surface area contributed by atoms with Gasteiger partial charge in [0.1, 0.15) is 11.5 Å². The van der Waals surface area contributed by atoms with Crippen molar-refractivity contribution in [3.05, 3.63) is 100 Å². The highest BCUT2D eigenvalue weighted by molar-refractivity contribution is 6.46. The monoisotopic (exact) mass is 504 g/mol. The third kappa shape index (κ3) is 5.24. The lowest BCUT2D eigenvalue weighted by atomic mass is 9.95. The van der Waals surface area contributed by atoms with E-state index in [0.717, 1.165) is 16.8 Å². The first-order valence-electron chi connectivity index (χ1n) is 11.8. The number of carbonyl (C=O) groups excluding carboxylic acids is 2. The van der Waals surface area contributed by atoms with E-state index in [9.17, 15) is 14.7 Å². The lowest BCUT2D eigenvalue weighted by Crippen LogP contribution is -2.31. The summed E-state index contributed by atoms with van der Waals surface area (Å²) < 4.78 is 5.48. The lowest BCUT2D eigenvalue weighted by molar-refractivity contribution is -0.139. The number of benzene rings is 3. The van der Waals surface area contributed by atoms with Crippen molar-refractivity contribution in [2.45, 2.75) is 19.4 Å². The fraction of sp³-hybridized carbons (Fsp3) is 0.241. The maximum absolute atomic E-state index is 13.3. The summed E-state index contributed by atoms with van der Waals surface area (Å²) in [6.45, 7) is 2.72. The van der Waals surface area contributed by atoms with Crippen LogP contribution in [0.25, 0.3) is 5.76 Å². The van der Waals surface area contributed by atoms with Gasteiger partial charge in [-0.2, -0.15) is 0 Å². The van der Waals surface area contributed by atoms with Gasteiger partial charge in [0.2, 0.25) is 0 Å². The molecule has 1 saturated heterocycles. The Labute approximate surface area is 216 Å². The molecule has 0 radical (unpaired) electrons. The number of rotatable bonds is 8. The van der Waals surface area contributed by atoms with E-state index in [0.29, 0.717) is 35.9 Å². The lowest BCUT2D eigenvalue weighted by Gasteiger charge is -2.26. The number of ether oxygens (including phenoxy) is 1. The van der Waals surface area contributed by atoms with Crippen LogP contribution in [0.4, 0.5) is 5.69 Å². The molecule has 4 rings (SSSR count). The Balaban J connectivity index is 1.74. The summed E-state index contributed by atoms with van der Waals surface area (Å²) in [5.74, 6) is -0.863. The fourth-order valence-electron chi connectivity index (χ4n) is 4.34. The maximum atomic E-state index is 13.3. The van der Waals surface area contributed by atoms with Crippen molar-refractivity contribution in [2.75, 3.05) is 32.1 Å². The average Bonchev–Trinajstić information content (AvgIpc) is 3.13. The number of anilines is 1. The highest BCUT2D eigenvalue weighted by atomic mass is 35.5. The van der Waals surface area contributed by atoms with Crippen molar-refractivity contribution < 1.29 is 19.4 Å². The van der Waals surface area contributed by atoms with E-state index < -0.39 is 17.7 Å². The first-order chi connectivity index (χ1) is 17.3. The molecule has 6 nitrogen and oxygen atoms in total. The molecule has 7 heteroatoms. The van der Waals surface area contributed by atoms with Crippen LogP contribution in [0.3, 0.4) is 0 Å². The molecule has 1 aliphatic rings. The Kier molecular flexibility index (Phi) is 7.65. The van der Waals surface area contributed by atoms with Crippen LogP contribution in [0, 0.1) is 0 Å². The molecule has 1 aliphatic heterocycles. The van der Waals surface area contributed by atoms with E-state index in [1.807, 2.05) is 62.3 Å². The number of likely N-dealkylation sites (tertiary alicyclic amines) is 1. The smallest absolute Gasteiger partial charge is 0.295 e. The van der Waals surface area contributed by atoms with Crippen molar-refractivity contribution in [3.8, 4) is 5.75 Å². The predicted molar refractivity (Wildman–Crippen MR) is 143 cm³/mol. The summed E-state index contributed by atoms with van der Waals surface area (Å²) in [4.78, 5) is 30.0. The highest BCUT2D eigenvalue weighted by Crippen LogP contribution is 2.40. The minimum absolute atomic E-state index is 0.0814. The fourth-order valence-corrected chi connectivity index (χ4v) is 4.47. The molecule has 0 saturated carbocycles. The molecule has 186 valence electrons. The van der Waals surface area contributed by atoms with E-state index in [2.05, 4.69) is 0 Å². The molecule has 0 aromatic heterocycles. The zero-order chi connectivity index (χ0) is 25.8. The van der Waals surface area contributed by atoms with Gasteiger partial charge in [0, 0.05) is 36.9 Å². The van der Waals surface area contributed by atoms with Crippen LogP contribution in [0.2, 0.25) is 5.02 Å². The van der Waals surface area contributed by atoms with Gasteiger partial charge in [0.25, 0.3) is 11.7 Å². The van der Waals surface area contributed by atoms with Crippen LogP contribution in [0.1, 0.15) is 29.7 Å². The van der Waals surface area contributed by atoms with Gasteiger partial charge in [-0.25, -0.2) is 0 Å². The quantitative estimate of drug-likeness (QED) is 0.250. The minimum atomic E-state index is -0.708. The van der Waals surface area contributed by atoms with E-state index in [1.54, 1.807) is 41.3 Å². The normalized spacial score (nSPS) is 16.9. The molecule has 3 aromatic carbocycles. The van der Waals surface area contributed by atoms with Gasteiger partial charge in [-0.1, -0.05) is 35.9 Å². The molecule has 0 spiro atoms. The number of Topliss-reactive ketones (excluding diaryl/α,β-unsaturated/α-hetero) is 1. The summed E-state index contributed by atoms with van der Waals surface area (Å²) in [6.07, 6.45) is 0.541. The number of hydrogen-bond donors (Lipinski definition) is 1. The molecule has 3 aromatic rings. The summed E-state index contributed by atoms with van der Waals surface area (Å²) in [7, 11) is 3.89. The van der Waals surface area contributed by atoms with Crippen molar-refractivity contribution >= 4 is 34.7 Å². The van der Waals surface area contributed by atoms with Gasteiger partial charge in [-0.05, 0) is 73.0 Å². The Hall–Kier alpha value is -3.77. The van der Waals surface area contributed by atoms with Gasteiger partial charge in [0.15, 0.2) is 0 Å². The van der Waals surface area contributed by atoms with Crippen LogP contribution >= 0.6 is 11.6 Å². The summed E-state index contributed by atoms with van der Waals surface area (Å²) in [6, 6.07) is 21.2. The average molecular weight is 505 g/mol. The van der Waals surface area contributed by atoms with Crippen molar-refractivity contribution in [3.63, 3.8) is 0 Å². The molecule has 1 atom stereocenters. The SMILES string of the molecule is CCOc1ccc(/C(O)=C2/C(=O)C(=O)N(CCc3ccc(Cl)cc3)C2c2ccc(N(C)C)cc2)cc1. The zero-order valence-electron chi connectivity index (χ0n) is 20.6. The second-order valence-electron chi connectivity index (χ2n) is 8.81. The van der Waals surface area contributed by atoms with Crippen molar-refractivity contribution in [1.82, 2.24) is 4.90 Å². The molecule has 1 N–H and O–H groups in total. The van der Waals surface area contributed by atoms with E-state index in [-0.39, 0.29) is 11.3 Å². The summed E-state index contributed by atoms with van der Waals surface area (Å²) >= 11 is 6.00.